The number of unbranched alkanes of at least 4 members (excludes halogenated alkanes) is 3. The molecule has 0 radical (unpaired) electrons. The van der Waals surface area contributed by atoms with E-state index in [2.05, 4.69) is 57.0 Å². The Labute approximate surface area is 148 Å². The van der Waals surface area contributed by atoms with Crippen LogP contribution >= 0.6 is 0 Å². The zero-order valence-electron chi connectivity index (χ0n) is 15.3. The van der Waals surface area contributed by atoms with Crippen molar-refractivity contribution in [2.75, 3.05) is 26.8 Å². The largest absolute Gasteiger partial charge is 0.494 e. The highest BCUT2D eigenvalue weighted by Crippen LogP contribution is 2.06. The molecule has 0 rings (SSSR count). The highest BCUT2D eigenvalue weighted by molar-refractivity contribution is 5.12. The van der Waals surface area contributed by atoms with E-state index in [9.17, 15) is 0 Å². The Morgan fingerprint density at radius 3 is 1.96 bits per heavy atom. The van der Waals surface area contributed by atoms with Gasteiger partial charge in [0.2, 0.25) is 0 Å². The molecular weight excluding hydrogens is 298 g/mol. The van der Waals surface area contributed by atoms with E-state index < -0.39 is 0 Å². The average molecular weight is 332 g/mol. The van der Waals surface area contributed by atoms with Crippen molar-refractivity contribution in [2.45, 2.75) is 32.1 Å². The van der Waals surface area contributed by atoms with E-state index in [0.29, 0.717) is 24.7 Å². The molecule has 0 unspecified atom stereocenters. The van der Waals surface area contributed by atoms with Crippen molar-refractivity contribution < 1.29 is 9.47 Å². The molecule has 0 atom stereocenters. The van der Waals surface area contributed by atoms with Crippen LogP contribution in [-0.2, 0) is 9.47 Å². The molecule has 0 aliphatic rings. The van der Waals surface area contributed by atoms with E-state index in [1.807, 2.05) is 0 Å². The molecule has 24 heavy (non-hydrogen) atoms. The van der Waals surface area contributed by atoms with E-state index in [0.717, 1.165) is 44.3 Å². The molecule has 0 aliphatic carbocycles. The van der Waals surface area contributed by atoms with E-state index in [1.165, 1.54) is 0 Å². The molecule has 0 amide bonds. The third-order valence-corrected chi connectivity index (χ3v) is 3.48. The van der Waals surface area contributed by atoms with Gasteiger partial charge in [-0.25, -0.2) is 0 Å². The Hall–Kier alpha value is -2.16. The second-order valence-electron chi connectivity index (χ2n) is 5.56. The molecule has 0 saturated heterocycles. The SMILES string of the molecule is C=CC(=C)OCCCC/C=C/C(=C)N(C)CCCCOC(=C)C=C. The molecule has 0 bridgehead atoms. The monoisotopic (exact) mass is 331 g/mol. The predicted octanol–water partition coefficient (Wildman–Crippen LogP) is 5.37. The summed E-state index contributed by atoms with van der Waals surface area (Å²) < 4.78 is 10.7. The van der Waals surface area contributed by atoms with E-state index >= 15 is 0 Å². The molecular formula is C21H33NO2. The van der Waals surface area contributed by atoms with Gasteiger partial charge in [0.25, 0.3) is 0 Å². The Morgan fingerprint density at radius 2 is 1.42 bits per heavy atom. The molecule has 0 aromatic heterocycles. The smallest absolute Gasteiger partial charge is 0.111 e. The summed E-state index contributed by atoms with van der Waals surface area (Å²) in [6, 6.07) is 0. The first-order valence-electron chi connectivity index (χ1n) is 8.46. The first kappa shape index (κ1) is 21.8. The van der Waals surface area contributed by atoms with Crippen LogP contribution in [0.4, 0.5) is 0 Å². The van der Waals surface area contributed by atoms with Crippen LogP contribution < -0.4 is 0 Å². The summed E-state index contributed by atoms with van der Waals surface area (Å²) in [7, 11) is 2.06. The molecule has 3 heteroatoms. The molecule has 0 fully saturated rings. The molecule has 0 saturated carbocycles. The maximum absolute atomic E-state index is 5.38. The molecule has 0 aromatic rings. The fourth-order valence-corrected chi connectivity index (χ4v) is 1.83. The molecule has 3 nitrogen and oxygen atoms in total. The highest BCUT2D eigenvalue weighted by atomic mass is 16.5. The van der Waals surface area contributed by atoms with Crippen molar-refractivity contribution >= 4 is 0 Å². The fourth-order valence-electron chi connectivity index (χ4n) is 1.83. The van der Waals surface area contributed by atoms with E-state index in [-0.39, 0.29) is 0 Å². The van der Waals surface area contributed by atoms with Crippen LogP contribution in [0.3, 0.4) is 0 Å². The summed E-state index contributed by atoms with van der Waals surface area (Å²) in [6.45, 7) is 21.1. The molecule has 0 aliphatic heterocycles. The van der Waals surface area contributed by atoms with Crippen LogP contribution in [0.15, 0.2) is 74.4 Å². The van der Waals surface area contributed by atoms with Crippen molar-refractivity contribution in [1.82, 2.24) is 4.90 Å². The Balaban J connectivity index is 3.66. The summed E-state index contributed by atoms with van der Waals surface area (Å²) in [6.07, 6.45) is 12.7. The second-order valence-corrected chi connectivity index (χ2v) is 5.56. The van der Waals surface area contributed by atoms with E-state index in [4.69, 9.17) is 9.47 Å². The van der Waals surface area contributed by atoms with Gasteiger partial charge in [0.05, 0.1) is 13.2 Å². The third-order valence-electron chi connectivity index (χ3n) is 3.48. The molecule has 0 heterocycles. The van der Waals surface area contributed by atoms with Gasteiger partial charge in [0.1, 0.15) is 11.5 Å². The van der Waals surface area contributed by atoms with E-state index in [1.54, 1.807) is 12.2 Å². The van der Waals surface area contributed by atoms with Crippen LogP contribution in [-0.4, -0.2) is 31.7 Å². The first-order valence-corrected chi connectivity index (χ1v) is 8.46. The number of allylic oxidation sites excluding steroid dienone is 4. The quantitative estimate of drug-likeness (QED) is 0.215. The van der Waals surface area contributed by atoms with Crippen molar-refractivity contribution in [1.29, 1.82) is 0 Å². The van der Waals surface area contributed by atoms with Crippen LogP contribution in [0, 0.1) is 0 Å². The Kier molecular flexibility index (Phi) is 13.1. The van der Waals surface area contributed by atoms with Gasteiger partial charge >= 0.3 is 0 Å². The summed E-state index contributed by atoms with van der Waals surface area (Å²) in [5.41, 5.74) is 1.03. The molecule has 134 valence electrons. The molecule has 0 spiro atoms. The topological polar surface area (TPSA) is 21.7 Å². The average Bonchev–Trinajstić information content (AvgIpc) is 2.59. The highest BCUT2D eigenvalue weighted by Gasteiger charge is 1.99. The number of rotatable bonds is 16. The first-order chi connectivity index (χ1) is 11.5. The maximum Gasteiger partial charge on any atom is 0.111 e. The van der Waals surface area contributed by atoms with Crippen LogP contribution in [0.1, 0.15) is 32.1 Å². The molecule has 0 aromatic carbocycles. The lowest BCUT2D eigenvalue weighted by molar-refractivity contribution is 0.215. The lowest BCUT2D eigenvalue weighted by Crippen LogP contribution is -2.17. The fraction of sp³-hybridized carbons (Fsp3) is 0.429. The van der Waals surface area contributed by atoms with Crippen LogP contribution in [0.5, 0.6) is 0 Å². The van der Waals surface area contributed by atoms with Crippen molar-refractivity contribution in [3.05, 3.63) is 74.4 Å². The Bertz CT molecular complexity index is 449. The minimum absolute atomic E-state index is 0.634. The summed E-state index contributed by atoms with van der Waals surface area (Å²) in [5.74, 6) is 1.27. The van der Waals surface area contributed by atoms with Crippen molar-refractivity contribution in [3.63, 3.8) is 0 Å². The zero-order chi connectivity index (χ0) is 18.2. The summed E-state index contributed by atoms with van der Waals surface area (Å²) >= 11 is 0. The van der Waals surface area contributed by atoms with Gasteiger partial charge in [0, 0.05) is 19.3 Å². The van der Waals surface area contributed by atoms with Gasteiger partial charge < -0.3 is 14.4 Å². The van der Waals surface area contributed by atoms with Gasteiger partial charge in [-0.05, 0) is 50.3 Å². The lowest BCUT2D eigenvalue weighted by Gasteiger charge is -2.19. The lowest BCUT2D eigenvalue weighted by atomic mass is 10.2. The minimum Gasteiger partial charge on any atom is -0.494 e. The number of nitrogens with zero attached hydrogens (tertiary/aromatic N) is 1. The summed E-state index contributed by atoms with van der Waals surface area (Å²) in [4.78, 5) is 2.16. The van der Waals surface area contributed by atoms with Crippen molar-refractivity contribution in [3.8, 4) is 0 Å². The third kappa shape index (κ3) is 12.4. The van der Waals surface area contributed by atoms with Gasteiger partial charge in [0.15, 0.2) is 0 Å². The minimum atomic E-state index is 0.634. The van der Waals surface area contributed by atoms with Gasteiger partial charge in [-0.3, -0.25) is 0 Å². The standard InChI is InChI=1S/C21H33NO2/c1-7-20(4)23-17-13-10-9-11-15-19(3)22(6)16-12-14-18-24-21(5)8-2/h7-8,11,15H,1-5,9-10,12-14,16-18H2,6H3/b15-11+. The number of likely N-dealkylation sites (N-methyl/N-ethyl adjacent to an activating group) is 1. The van der Waals surface area contributed by atoms with Crippen LogP contribution in [0.25, 0.3) is 0 Å². The number of hydrogen-bond acceptors (Lipinski definition) is 3. The van der Waals surface area contributed by atoms with Crippen molar-refractivity contribution in [2.24, 2.45) is 0 Å². The van der Waals surface area contributed by atoms with Gasteiger partial charge in [-0.2, -0.15) is 0 Å². The maximum atomic E-state index is 5.38. The van der Waals surface area contributed by atoms with Gasteiger partial charge in [-0.15, -0.1) is 0 Å². The predicted molar refractivity (Wildman–Crippen MR) is 105 cm³/mol. The Morgan fingerprint density at radius 1 is 0.875 bits per heavy atom. The van der Waals surface area contributed by atoms with Gasteiger partial charge in [-0.1, -0.05) is 39.0 Å². The summed E-state index contributed by atoms with van der Waals surface area (Å²) in [5, 5.41) is 0. The molecule has 0 N–H and O–H groups in total. The number of ether oxygens (including phenoxy) is 2. The number of hydrogen-bond donors (Lipinski definition) is 0. The second kappa shape index (κ2) is 14.4. The van der Waals surface area contributed by atoms with Crippen LogP contribution in [0.2, 0.25) is 0 Å². The zero-order valence-corrected chi connectivity index (χ0v) is 15.3. The normalized spacial score (nSPS) is 10.2.